The van der Waals surface area contributed by atoms with Crippen molar-refractivity contribution in [3.8, 4) is 0 Å². The van der Waals surface area contributed by atoms with E-state index in [2.05, 4.69) is 23.5 Å². The van der Waals surface area contributed by atoms with Crippen molar-refractivity contribution >= 4 is 23.7 Å². The van der Waals surface area contributed by atoms with Crippen LogP contribution in [0.15, 0.2) is 49.7 Å². The van der Waals surface area contributed by atoms with E-state index in [0.29, 0.717) is 23.4 Å². The summed E-state index contributed by atoms with van der Waals surface area (Å²) in [7, 11) is 0. The second-order valence-electron chi connectivity index (χ2n) is 5.90. The zero-order chi connectivity index (χ0) is 19.3. The maximum Gasteiger partial charge on any atom is 0.416 e. The zero-order valence-corrected chi connectivity index (χ0v) is 14.3. The van der Waals surface area contributed by atoms with Gasteiger partial charge in [-0.25, -0.2) is 0 Å². The normalized spacial score (nSPS) is 12.3. The van der Waals surface area contributed by atoms with Gasteiger partial charge in [0.1, 0.15) is 0 Å². The van der Waals surface area contributed by atoms with Gasteiger partial charge in [-0.15, -0.1) is 0 Å². The second-order valence-corrected chi connectivity index (χ2v) is 5.90. The van der Waals surface area contributed by atoms with Crippen molar-refractivity contribution in [2.24, 2.45) is 5.92 Å². The Bertz CT molecular complexity index is 811. The van der Waals surface area contributed by atoms with E-state index >= 15 is 0 Å². The molecule has 1 aromatic carbocycles. The average Bonchev–Trinajstić information content (AvgIpc) is 2.61. The van der Waals surface area contributed by atoms with Crippen molar-refractivity contribution in [3.05, 3.63) is 72.1 Å². The van der Waals surface area contributed by atoms with Crippen LogP contribution in [0.5, 0.6) is 0 Å². The van der Waals surface area contributed by atoms with Gasteiger partial charge >= 0.3 is 6.18 Å². The molecule has 1 N–H and O–H groups in total. The van der Waals surface area contributed by atoms with E-state index in [0.717, 1.165) is 17.7 Å². The number of benzene rings is 1. The number of carbonyl (C=O) groups is 1. The van der Waals surface area contributed by atoms with Gasteiger partial charge in [-0.3, -0.25) is 9.78 Å². The molecule has 1 aromatic heterocycles. The first-order valence-electron chi connectivity index (χ1n) is 7.96. The first kappa shape index (κ1) is 19.4. The van der Waals surface area contributed by atoms with Crippen LogP contribution in [0.4, 0.5) is 18.9 Å². The lowest BCUT2D eigenvalue weighted by Crippen LogP contribution is -2.22. The molecule has 2 aromatic rings. The van der Waals surface area contributed by atoms with E-state index in [1.54, 1.807) is 25.1 Å². The van der Waals surface area contributed by atoms with Gasteiger partial charge in [0.05, 0.1) is 23.1 Å². The predicted molar refractivity (Wildman–Crippen MR) is 97.4 cm³/mol. The summed E-state index contributed by atoms with van der Waals surface area (Å²) in [6.07, 6.45) is 0.694. The Hall–Kier alpha value is -2.89. The van der Waals surface area contributed by atoms with Crippen LogP contribution in [-0.2, 0) is 17.4 Å². The van der Waals surface area contributed by atoms with Gasteiger partial charge in [-0.1, -0.05) is 38.3 Å². The smallest absolute Gasteiger partial charge is 0.324 e. The number of rotatable bonds is 6. The van der Waals surface area contributed by atoms with E-state index in [1.165, 1.54) is 18.3 Å². The number of anilines is 1. The molecule has 136 valence electrons. The SMILES string of the molecule is C=Cc1cc(NC(=O)C(C)Cc2ccc(C(F)(F)F)cc2)cnc1C=C. The number of pyridine rings is 1. The topological polar surface area (TPSA) is 42.0 Å². The van der Waals surface area contributed by atoms with Gasteiger partial charge in [0, 0.05) is 11.5 Å². The molecule has 0 fully saturated rings. The summed E-state index contributed by atoms with van der Waals surface area (Å²) in [5, 5.41) is 2.76. The molecule has 1 unspecified atom stereocenters. The van der Waals surface area contributed by atoms with Crippen LogP contribution in [0.1, 0.15) is 29.3 Å². The van der Waals surface area contributed by atoms with Gasteiger partial charge in [0.2, 0.25) is 5.91 Å². The lowest BCUT2D eigenvalue weighted by atomic mass is 9.99. The summed E-state index contributed by atoms with van der Waals surface area (Å²) >= 11 is 0. The largest absolute Gasteiger partial charge is 0.416 e. The minimum atomic E-state index is -4.37. The standard InChI is InChI=1S/C20H19F3N2O/c1-4-15-11-17(12-24-18(15)5-2)25-19(26)13(3)10-14-6-8-16(9-7-14)20(21,22)23/h4-9,11-13H,1-2,10H2,3H3,(H,25,26). The Kier molecular flexibility index (Phi) is 5.97. The average molecular weight is 360 g/mol. The number of hydrogen-bond donors (Lipinski definition) is 1. The Morgan fingerprint density at radius 1 is 1.23 bits per heavy atom. The molecule has 2 rings (SSSR count). The lowest BCUT2D eigenvalue weighted by molar-refractivity contribution is -0.137. The number of nitrogens with one attached hydrogen (secondary N) is 1. The van der Waals surface area contributed by atoms with Crippen LogP contribution < -0.4 is 5.32 Å². The van der Waals surface area contributed by atoms with Crippen molar-refractivity contribution in [1.82, 2.24) is 4.98 Å². The van der Waals surface area contributed by atoms with Crippen LogP contribution in [0.3, 0.4) is 0 Å². The van der Waals surface area contributed by atoms with Crippen molar-refractivity contribution in [2.45, 2.75) is 19.5 Å². The number of hydrogen-bond acceptors (Lipinski definition) is 2. The molecule has 0 saturated carbocycles. The van der Waals surface area contributed by atoms with Crippen molar-refractivity contribution < 1.29 is 18.0 Å². The van der Waals surface area contributed by atoms with Gasteiger partial charge in [-0.05, 0) is 36.3 Å². The molecule has 26 heavy (non-hydrogen) atoms. The summed E-state index contributed by atoms with van der Waals surface area (Å²) in [6, 6.07) is 6.56. The summed E-state index contributed by atoms with van der Waals surface area (Å²) in [6.45, 7) is 9.07. The van der Waals surface area contributed by atoms with Gasteiger partial charge in [0.25, 0.3) is 0 Å². The minimum absolute atomic E-state index is 0.243. The van der Waals surface area contributed by atoms with Crippen LogP contribution in [-0.4, -0.2) is 10.9 Å². The monoisotopic (exact) mass is 360 g/mol. The van der Waals surface area contributed by atoms with Crippen LogP contribution in [0.2, 0.25) is 0 Å². The summed E-state index contributed by atoms with van der Waals surface area (Å²) < 4.78 is 37.8. The van der Waals surface area contributed by atoms with E-state index in [9.17, 15) is 18.0 Å². The number of nitrogens with zero attached hydrogens (tertiary/aromatic N) is 1. The van der Waals surface area contributed by atoms with E-state index in [-0.39, 0.29) is 5.91 Å². The molecule has 6 heteroatoms. The summed E-state index contributed by atoms with van der Waals surface area (Å²) in [5.41, 5.74) is 1.88. The third kappa shape index (κ3) is 4.81. The van der Waals surface area contributed by atoms with E-state index < -0.39 is 17.7 Å². The second kappa shape index (κ2) is 7.99. The third-order valence-corrected chi connectivity index (χ3v) is 3.90. The van der Waals surface area contributed by atoms with Crippen molar-refractivity contribution in [3.63, 3.8) is 0 Å². The summed E-state index contributed by atoms with van der Waals surface area (Å²) in [5.74, 6) is -0.661. The summed E-state index contributed by atoms with van der Waals surface area (Å²) in [4.78, 5) is 16.5. The molecule has 1 atom stereocenters. The zero-order valence-electron chi connectivity index (χ0n) is 14.3. The fraction of sp³-hybridized carbons (Fsp3) is 0.200. The van der Waals surface area contributed by atoms with Gasteiger partial charge in [-0.2, -0.15) is 13.2 Å². The molecule has 0 aliphatic carbocycles. The Labute approximate surface area is 150 Å². The highest BCUT2D eigenvalue weighted by molar-refractivity contribution is 5.92. The highest BCUT2D eigenvalue weighted by Crippen LogP contribution is 2.29. The van der Waals surface area contributed by atoms with Crippen LogP contribution >= 0.6 is 0 Å². The highest BCUT2D eigenvalue weighted by atomic mass is 19.4. The highest BCUT2D eigenvalue weighted by Gasteiger charge is 2.30. The quantitative estimate of drug-likeness (QED) is 0.769. The molecule has 0 aliphatic rings. The van der Waals surface area contributed by atoms with E-state index in [1.807, 2.05) is 0 Å². The Morgan fingerprint density at radius 2 is 1.88 bits per heavy atom. The Balaban J connectivity index is 2.03. The number of alkyl halides is 3. The molecule has 0 spiro atoms. The van der Waals surface area contributed by atoms with Gasteiger partial charge in [0.15, 0.2) is 0 Å². The van der Waals surface area contributed by atoms with Crippen molar-refractivity contribution in [2.75, 3.05) is 5.32 Å². The van der Waals surface area contributed by atoms with E-state index in [4.69, 9.17) is 0 Å². The maximum atomic E-state index is 12.6. The third-order valence-electron chi connectivity index (χ3n) is 3.90. The minimum Gasteiger partial charge on any atom is -0.324 e. The molecule has 0 radical (unpaired) electrons. The molecule has 0 saturated heterocycles. The number of carbonyl (C=O) groups excluding carboxylic acids is 1. The first-order chi connectivity index (χ1) is 12.2. The number of aromatic nitrogens is 1. The number of halogens is 3. The molecule has 1 heterocycles. The molecule has 0 aliphatic heterocycles. The molecule has 0 bridgehead atoms. The molecule has 1 amide bonds. The van der Waals surface area contributed by atoms with Crippen LogP contribution in [0, 0.1) is 5.92 Å². The fourth-order valence-corrected chi connectivity index (χ4v) is 2.44. The Morgan fingerprint density at radius 3 is 2.42 bits per heavy atom. The lowest BCUT2D eigenvalue weighted by Gasteiger charge is -2.14. The van der Waals surface area contributed by atoms with Crippen molar-refractivity contribution in [1.29, 1.82) is 0 Å². The molecular weight excluding hydrogens is 341 g/mol. The predicted octanol–water partition coefficient (Wildman–Crippen LogP) is 5.20. The number of amides is 1. The first-order valence-corrected chi connectivity index (χ1v) is 7.96. The maximum absolute atomic E-state index is 12.6. The fourth-order valence-electron chi connectivity index (χ4n) is 2.44. The molecule has 3 nitrogen and oxygen atoms in total. The van der Waals surface area contributed by atoms with Gasteiger partial charge < -0.3 is 5.32 Å². The molecular formula is C20H19F3N2O. The van der Waals surface area contributed by atoms with Crippen LogP contribution in [0.25, 0.3) is 12.2 Å².